The third kappa shape index (κ3) is 3.33. The van der Waals surface area contributed by atoms with Crippen molar-refractivity contribution in [3.63, 3.8) is 0 Å². The van der Waals surface area contributed by atoms with Crippen LogP contribution in [0.2, 0.25) is 0 Å². The molecule has 0 bridgehead atoms. The molecule has 1 nitrogen and oxygen atoms in total. The largest absolute Gasteiger partial charge is 0.380 e. The lowest BCUT2D eigenvalue weighted by atomic mass is 10.2. The van der Waals surface area contributed by atoms with Crippen molar-refractivity contribution in [2.75, 3.05) is 5.32 Å². The normalized spacial score (nSPS) is 10.4. The Hall–Kier alpha value is -0.870. The van der Waals surface area contributed by atoms with Crippen LogP contribution in [0.5, 0.6) is 0 Å². The Morgan fingerprint density at radius 2 is 1.83 bits per heavy atom. The Labute approximate surface area is 123 Å². The molecule has 2 aromatic rings. The Balaban J connectivity index is 2.09. The van der Waals surface area contributed by atoms with Crippen molar-refractivity contribution >= 4 is 37.5 Å². The van der Waals surface area contributed by atoms with Crippen LogP contribution in [0.3, 0.4) is 0 Å². The van der Waals surface area contributed by atoms with Gasteiger partial charge in [-0.05, 0) is 74.2 Å². The van der Waals surface area contributed by atoms with Crippen LogP contribution in [0.25, 0.3) is 0 Å². The van der Waals surface area contributed by atoms with Crippen molar-refractivity contribution in [1.82, 2.24) is 0 Å². The first-order valence-corrected chi connectivity index (χ1v) is 7.09. The van der Waals surface area contributed by atoms with E-state index in [2.05, 4.69) is 37.2 Å². The van der Waals surface area contributed by atoms with E-state index in [0.29, 0.717) is 11.0 Å². The molecule has 0 heterocycles. The fourth-order valence-corrected chi connectivity index (χ4v) is 2.49. The summed E-state index contributed by atoms with van der Waals surface area (Å²) in [5.74, 6) is -0.239. The Morgan fingerprint density at radius 3 is 2.50 bits per heavy atom. The van der Waals surface area contributed by atoms with Crippen molar-refractivity contribution in [1.29, 1.82) is 0 Å². The molecule has 2 aromatic carbocycles. The average molecular weight is 373 g/mol. The molecule has 4 heteroatoms. The molecule has 94 valence electrons. The Kier molecular flexibility index (Phi) is 4.40. The van der Waals surface area contributed by atoms with Crippen molar-refractivity contribution < 1.29 is 4.39 Å². The molecular weight excluding hydrogens is 361 g/mol. The van der Waals surface area contributed by atoms with Crippen LogP contribution in [-0.2, 0) is 6.54 Å². The molecule has 0 spiro atoms. The summed E-state index contributed by atoms with van der Waals surface area (Å²) in [6.45, 7) is 2.63. The number of aryl methyl sites for hydroxylation is 1. The lowest BCUT2D eigenvalue weighted by Gasteiger charge is -2.09. The van der Waals surface area contributed by atoms with Crippen LogP contribution in [-0.4, -0.2) is 0 Å². The summed E-state index contributed by atoms with van der Waals surface area (Å²) >= 11 is 6.64. The molecule has 0 fully saturated rings. The van der Waals surface area contributed by atoms with Crippen LogP contribution in [0, 0.1) is 12.7 Å². The zero-order valence-corrected chi connectivity index (χ0v) is 13.0. The van der Waals surface area contributed by atoms with E-state index in [4.69, 9.17) is 0 Å². The van der Waals surface area contributed by atoms with Crippen LogP contribution in [0.4, 0.5) is 10.1 Å². The molecule has 0 aliphatic rings. The van der Waals surface area contributed by atoms with Crippen LogP contribution in [0.1, 0.15) is 11.1 Å². The van der Waals surface area contributed by atoms with Crippen molar-refractivity contribution in [3.05, 3.63) is 62.3 Å². The summed E-state index contributed by atoms with van der Waals surface area (Å²) in [6, 6.07) is 11.2. The van der Waals surface area contributed by atoms with E-state index in [1.807, 2.05) is 31.2 Å². The van der Waals surface area contributed by atoms with Crippen LogP contribution >= 0.6 is 31.9 Å². The van der Waals surface area contributed by atoms with E-state index in [0.717, 1.165) is 15.7 Å². The molecule has 0 saturated heterocycles. The highest BCUT2D eigenvalue weighted by molar-refractivity contribution is 9.10. The fourth-order valence-electron chi connectivity index (χ4n) is 1.61. The maximum absolute atomic E-state index is 13.4. The van der Waals surface area contributed by atoms with Gasteiger partial charge in [0, 0.05) is 16.7 Å². The number of rotatable bonds is 3. The molecule has 0 saturated carbocycles. The first kappa shape index (κ1) is 13.6. The summed E-state index contributed by atoms with van der Waals surface area (Å²) in [7, 11) is 0. The third-order valence-corrected chi connectivity index (χ3v) is 3.89. The first-order chi connectivity index (χ1) is 8.56. The predicted molar refractivity (Wildman–Crippen MR) is 80.3 cm³/mol. The molecule has 0 unspecified atom stereocenters. The van der Waals surface area contributed by atoms with Gasteiger partial charge in [0.25, 0.3) is 0 Å². The second-order valence-electron chi connectivity index (χ2n) is 4.09. The van der Waals surface area contributed by atoms with Gasteiger partial charge < -0.3 is 5.32 Å². The van der Waals surface area contributed by atoms with E-state index in [9.17, 15) is 4.39 Å². The molecule has 1 N–H and O–H groups in total. The van der Waals surface area contributed by atoms with Gasteiger partial charge in [-0.15, -0.1) is 0 Å². The first-order valence-electron chi connectivity index (χ1n) is 5.50. The number of halogens is 3. The molecule has 0 atom stereocenters. The van der Waals surface area contributed by atoms with Gasteiger partial charge in [0.2, 0.25) is 0 Å². The highest BCUT2D eigenvalue weighted by atomic mass is 79.9. The standard InChI is InChI=1S/C14H12Br2FN/c1-9-2-5-14(12(16)6-9)18-8-10-3-4-11(15)13(17)7-10/h2-7,18H,8H2,1H3. The van der Waals surface area contributed by atoms with Gasteiger partial charge in [-0.3, -0.25) is 0 Å². The number of anilines is 1. The van der Waals surface area contributed by atoms with Gasteiger partial charge in [-0.1, -0.05) is 12.1 Å². The lowest BCUT2D eigenvalue weighted by Crippen LogP contribution is -2.00. The zero-order valence-electron chi connectivity index (χ0n) is 9.81. The summed E-state index contributed by atoms with van der Waals surface area (Å²) in [5, 5.41) is 3.27. The monoisotopic (exact) mass is 371 g/mol. The molecular formula is C14H12Br2FN. The smallest absolute Gasteiger partial charge is 0.137 e. The van der Waals surface area contributed by atoms with E-state index < -0.39 is 0 Å². The maximum Gasteiger partial charge on any atom is 0.137 e. The minimum Gasteiger partial charge on any atom is -0.380 e. The Morgan fingerprint density at radius 1 is 1.06 bits per heavy atom. The molecule has 0 radical (unpaired) electrons. The molecule has 0 aliphatic heterocycles. The highest BCUT2D eigenvalue weighted by Gasteiger charge is 2.02. The fraction of sp³-hybridized carbons (Fsp3) is 0.143. The minimum atomic E-state index is -0.239. The van der Waals surface area contributed by atoms with E-state index >= 15 is 0 Å². The number of benzene rings is 2. The van der Waals surface area contributed by atoms with E-state index in [-0.39, 0.29) is 5.82 Å². The van der Waals surface area contributed by atoms with Gasteiger partial charge in [0.1, 0.15) is 5.82 Å². The summed E-state index contributed by atoms with van der Waals surface area (Å²) in [5.41, 5.74) is 3.11. The summed E-state index contributed by atoms with van der Waals surface area (Å²) in [4.78, 5) is 0. The molecule has 0 amide bonds. The van der Waals surface area contributed by atoms with Crippen LogP contribution < -0.4 is 5.32 Å². The highest BCUT2D eigenvalue weighted by Crippen LogP contribution is 2.24. The van der Waals surface area contributed by atoms with Gasteiger partial charge in [-0.2, -0.15) is 0 Å². The zero-order chi connectivity index (χ0) is 13.1. The summed E-state index contributed by atoms with van der Waals surface area (Å²) in [6.07, 6.45) is 0. The summed E-state index contributed by atoms with van der Waals surface area (Å²) < 4.78 is 14.9. The topological polar surface area (TPSA) is 12.0 Å². The van der Waals surface area contributed by atoms with Crippen molar-refractivity contribution in [2.45, 2.75) is 13.5 Å². The molecule has 2 rings (SSSR count). The predicted octanol–water partition coefficient (Wildman–Crippen LogP) is 5.27. The second-order valence-corrected chi connectivity index (χ2v) is 5.79. The van der Waals surface area contributed by atoms with E-state index in [1.54, 1.807) is 6.07 Å². The van der Waals surface area contributed by atoms with Crippen LogP contribution in [0.15, 0.2) is 45.3 Å². The number of hydrogen-bond acceptors (Lipinski definition) is 1. The molecule has 18 heavy (non-hydrogen) atoms. The second kappa shape index (κ2) is 5.85. The average Bonchev–Trinajstić information content (AvgIpc) is 2.32. The molecule has 0 aliphatic carbocycles. The third-order valence-electron chi connectivity index (χ3n) is 2.59. The maximum atomic E-state index is 13.4. The van der Waals surface area contributed by atoms with E-state index in [1.165, 1.54) is 11.6 Å². The van der Waals surface area contributed by atoms with Crippen molar-refractivity contribution in [2.24, 2.45) is 0 Å². The van der Waals surface area contributed by atoms with Gasteiger partial charge >= 0.3 is 0 Å². The van der Waals surface area contributed by atoms with Gasteiger partial charge in [-0.25, -0.2) is 4.39 Å². The number of hydrogen-bond donors (Lipinski definition) is 1. The van der Waals surface area contributed by atoms with Gasteiger partial charge in [0.05, 0.1) is 4.47 Å². The molecule has 0 aromatic heterocycles. The Bertz CT molecular complexity index is 570. The lowest BCUT2D eigenvalue weighted by molar-refractivity contribution is 0.619. The SMILES string of the molecule is Cc1ccc(NCc2ccc(Br)c(F)c2)c(Br)c1. The van der Waals surface area contributed by atoms with Crippen molar-refractivity contribution in [3.8, 4) is 0 Å². The quantitative estimate of drug-likeness (QED) is 0.773. The van der Waals surface area contributed by atoms with Gasteiger partial charge in [0.15, 0.2) is 0 Å². The minimum absolute atomic E-state index is 0.239. The number of nitrogens with one attached hydrogen (secondary N) is 1.